The van der Waals surface area contributed by atoms with E-state index in [1.54, 1.807) is 0 Å². The van der Waals surface area contributed by atoms with Crippen molar-refractivity contribution >= 4 is 85.5 Å². The van der Waals surface area contributed by atoms with Crippen LogP contribution in [-0.2, 0) is 0 Å². The molecule has 0 saturated heterocycles. The molecule has 2 aromatic heterocycles. The molecule has 0 aliphatic carbocycles. The zero-order valence-corrected chi connectivity index (χ0v) is 29.4. The van der Waals surface area contributed by atoms with Gasteiger partial charge in [-0.3, -0.25) is 0 Å². The first-order chi connectivity index (χ1) is 25.1. The second-order valence-electron chi connectivity index (χ2n) is 13.8. The Kier molecular flexibility index (Phi) is 6.60. The van der Waals surface area contributed by atoms with Gasteiger partial charge in [-0.05, 0) is 89.2 Å². The van der Waals surface area contributed by atoms with Crippen LogP contribution in [0.4, 0.5) is 34.1 Å². The van der Waals surface area contributed by atoms with Gasteiger partial charge in [0.2, 0.25) is 0 Å². The minimum atomic E-state index is -2.14. The van der Waals surface area contributed by atoms with Gasteiger partial charge in [-0.25, -0.2) is 0 Å². The van der Waals surface area contributed by atoms with Crippen molar-refractivity contribution in [3.05, 3.63) is 170 Å². The summed E-state index contributed by atoms with van der Waals surface area (Å²) in [5.41, 5.74) is 10.3. The minimum Gasteiger partial charge on any atom is -0.456 e. The smallest absolute Gasteiger partial charge is 0.159 e. The summed E-state index contributed by atoms with van der Waals surface area (Å²) < 4.78 is 13.4. The Balaban J connectivity index is 1.15. The number of anilines is 6. The SMILES string of the molecule is C[Si]1(C)c2ccc(N(c3ccccc3)c3ccccc3)cc2-c2oc3ccc(N(c4ccccc4)c4cccc5c4oc4ccccc45)cc3c21. The first-order valence-electron chi connectivity index (χ1n) is 17.4. The van der Waals surface area contributed by atoms with E-state index in [-0.39, 0.29) is 0 Å². The van der Waals surface area contributed by atoms with Crippen molar-refractivity contribution < 1.29 is 8.83 Å². The Morgan fingerprint density at radius 2 is 1.00 bits per heavy atom. The normalized spacial score (nSPS) is 13.1. The average molecular weight is 675 g/mol. The number of fused-ring (bicyclic) bond motifs is 8. The quantitative estimate of drug-likeness (QED) is 0.164. The van der Waals surface area contributed by atoms with Crippen LogP contribution in [0.5, 0.6) is 0 Å². The van der Waals surface area contributed by atoms with E-state index < -0.39 is 8.07 Å². The molecular weight excluding hydrogens is 641 g/mol. The molecule has 9 aromatic rings. The van der Waals surface area contributed by atoms with Crippen molar-refractivity contribution in [1.82, 2.24) is 0 Å². The largest absolute Gasteiger partial charge is 0.456 e. The fourth-order valence-electron chi connectivity index (χ4n) is 8.09. The summed E-state index contributed by atoms with van der Waals surface area (Å²) in [6.45, 7) is 4.91. The molecule has 4 nitrogen and oxygen atoms in total. The molecule has 3 heterocycles. The number of benzene rings is 7. The molecule has 51 heavy (non-hydrogen) atoms. The first kappa shape index (κ1) is 29.6. The molecule has 5 heteroatoms. The monoisotopic (exact) mass is 674 g/mol. The van der Waals surface area contributed by atoms with Gasteiger partial charge >= 0.3 is 0 Å². The first-order valence-corrected chi connectivity index (χ1v) is 20.4. The van der Waals surface area contributed by atoms with E-state index in [0.29, 0.717) is 0 Å². The summed E-state index contributed by atoms with van der Waals surface area (Å²) in [6, 6.07) is 60.0. The van der Waals surface area contributed by atoms with Crippen LogP contribution in [0.25, 0.3) is 44.2 Å². The Bertz CT molecular complexity index is 2690. The van der Waals surface area contributed by atoms with Crippen LogP contribution in [0.15, 0.2) is 179 Å². The van der Waals surface area contributed by atoms with E-state index in [4.69, 9.17) is 8.83 Å². The summed E-state index contributed by atoms with van der Waals surface area (Å²) in [7, 11) is -2.14. The molecule has 0 spiro atoms. The summed E-state index contributed by atoms with van der Waals surface area (Å²) in [6.07, 6.45) is 0. The van der Waals surface area contributed by atoms with E-state index in [2.05, 4.69) is 181 Å². The van der Waals surface area contributed by atoms with Gasteiger partial charge in [0.1, 0.15) is 25.0 Å². The van der Waals surface area contributed by atoms with Gasteiger partial charge in [0.05, 0.1) is 5.69 Å². The molecular formula is C46H34N2O2Si. The maximum absolute atomic E-state index is 6.85. The highest BCUT2D eigenvalue weighted by molar-refractivity contribution is 7.05. The van der Waals surface area contributed by atoms with Crippen LogP contribution < -0.4 is 20.2 Å². The molecule has 0 atom stereocenters. The zero-order chi connectivity index (χ0) is 34.1. The molecule has 0 saturated carbocycles. The fourth-order valence-corrected chi connectivity index (χ4v) is 11.3. The van der Waals surface area contributed by atoms with Crippen molar-refractivity contribution in [2.24, 2.45) is 0 Å². The van der Waals surface area contributed by atoms with Crippen molar-refractivity contribution in [2.75, 3.05) is 9.80 Å². The predicted molar refractivity (Wildman–Crippen MR) is 215 cm³/mol. The summed E-state index contributed by atoms with van der Waals surface area (Å²) >= 11 is 0. The molecule has 7 aromatic carbocycles. The lowest BCUT2D eigenvalue weighted by Gasteiger charge is -2.27. The topological polar surface area (TPSA) is 32.8 Å². The highest BCUT2D eigenvalue weighted by atomic mass is 28.3. The third-order valence-electron chi connectivity index (χ3n) is 10.4. The standard InChI is InChI=1S/C46H34N2O2Si/c1-51(2)43-28-26-34(47(31-15-6-3-7-16-31)32-17-8-4-9-18-32)30-39(43)45-46(51)38-29-35(25-27-42(38)50-45)48(33-19-10-5-11-20-33)40-23-14-22-37-36-21-12-13-24-41(36)49-44(37)40/h3-30H,1-2H3. The molecule has 0 N–H and O–H groups in total. The van der Waals surface area contributed by atoms with E-state index >= 15 is 0 Å². The van der Waals surface area contributed by atoms with Gasteiger partial charge < -0.3 is 18.6 Å². The maximum Gasteiger partial charge on any atom is 0.159 e. The number of rotatable bonds is 6. The maximum atomic E-state index is 6.85. The van der Waals surface area contributed by atoms with Crippen LogP contribution >= 0.6 is 0 Å². The summed E-state index contributed by atoms with van der Waals surface area (Å²) in [5.74, 6) is 1.00. The Morgan fingerprint density at radius 3 is 1.71 bits per heavy atom. The number of para-hydroxylation sites is 5. The van der Waals surface area contributed by atoms with Gasteiger partial charge in [0, 0.05) is 50.2 Å². The predicted octanol–water partition coefficient (Wildman–Crippen LogP) is 12.1. The lowest BCUT2D eigenvalue weighted by atomic mass is 10.1. The molecule has 10 rings (SSSR count). The van der Waals surface area contributed by atoms with E-state index in [1.807, 2.05) is 12.1 Å². The molecule has 0 bridgehead atoms. The molecule has 0 amide bonds. The fraction of sp³-hybridized carbons (Fsp3) is 0.0435. The third kappa shape index (κ3) is 4.59. The van der Waals surface area contributed by atoms with Gasteiger partial charge in [-0.15, -0.1) is 0 Å². The molecule has 1 aliphatic heterocycles. The van der Waals surface area contributed by atoms with Gasteiger partial charge in [0.15, 0.2) is 5.58 Å². The van der Waals surface area contributed by atoms with Crippen LogP contribution in [0.3, 0.4) is 0 Å². The van der Waals surface area contributed by atoms with E-state index in [9.17, 15) is 0 Å². The average Bonchev–Trinajstić information content (AvgIpc) is 3.82. The van der Waals surface area contributed by atoms with Crippen molar-refractivity contribution in [2.45, 2.75) is 13.1 Å². The number of hydrogen-bond donors (Lipinski definition) is 0. The van der Waals surface area contributed by atoms with Crippen LogP contribution in [0.1, 0.15) is 0 Å². The third-order valence-corrected chi connectivity index (χ3v) is 13.9. The molecule has 0 radical (unpaired) electrons. The second-order valence-corrected chi connectivity index (χ2v) is 18.1. The lowest BCUT2D eigenvalue weighted by Crippen LogP contribution is -2.49. The van der Waals surface area contributed by atoms with E-state index in [0.717, 1.165) is 67.4 Å². The van der Waals surface area contributed by atoms with Gasteiger partial charge in [-0.2, -0.15) is 0 Å². The molecule has 1 aliphatic rings. The van der Waals surface area contributed by atoms with Gasteiger partial charge in [0.25, 0.3) is 0 Å². The van der Waals surface area contributed by atoms with Crippen LogP contribution in [0, 0.1) is 0 Å². The Hall–Kier alpha value is -6.30. The lowest BCUT2D eigenvalue weighted by molar-refractivity contribution is 0.635. The van der Waals surface area contributed by atoms with Crippen molar-refractivity contribution in [3.8, 4) is 11.3 Å². The second kappa shape index (κ2) is 11.4. The van der Waals surface area contributed by atoms with Crippen LogP contribution in [-0.4, -0.2) is 8.07 Å². The number of hydrogen-bond acceptors (Lipinski definition) is 4. The summed E-state index contributed by atoms with van der Waals surface area (Å²) in [5, 5.41) is 6.16. The zero-order valence-electron chi connectivity index (χ0n) is 28.4. The molecule has 0 fully saturated rings. The van der Waals surface area contributed by atoms with Crippen LogP contribution in [0.2, 0.25) is 13.1 Å². The van der Waals surface area contributed by atoms with Crippen molar-refractivity contribution in [1.29, 1.82) is 0 Å². The molecule has 0 unspecified atom stereocenters. The highest BCUT2D eigenvalue weighted by Crippen LogP contribution is 2.45. The Labute approximate surface area is 297 Å². The molecule has 244 valence electrons. The Morgan fingerprint density at radius 1 is 0.431 bits per heavy atom. The van der Waals surface area contributed by atoms with Gasteiger partial charge in [-0.1, -0.05) is 104 Å². The summed E-state index contributed by atoms with van der Waals surface area (Å²) in [4.78, 5) is 4.64. The van der Waals surface area contributed by atoms with Crippen molar-refractivity contribution in [3.63, 3.8) is 0 Å². The number of furan rings is 2. The highest BCUT2D eigenvalue weighted by Gasteiger charge is 2.42. The minimum absolute atomic E-state index is 0.871. The number of nitrogens with zero attached hydrogens (tertiary/aromatic N) is 2. The van der Waals surface area contributed by atoms with E-state index in [1.165, 1.54) is 21.3 Å².